The molecule has 3 N–H and O–H groups in total. The first-order valence-corrected chi connectivity index (χ1v) is 8.28. The van der Waals surface area contributed by atoms with Crippen LogP contribution in [0.15, 0.2) is 78.5 Å². The number of halogens is 1. The van der Waals surface area contributed by atoms with Crippen molar-refractivity contribution >= 4 is 11.6 Å². The van der Waals surface area contributed by atoms with Crippen LogP contribution in [-0.4, -0.2) is 11.5 Å². The molecule has 1 heterocycles. The molecule has 3 unspecified atom stereocenters. The summed E-state index contributed by atoms with van der Waals surface area (Å²) < 4.78 is 0. The molecule has 0 radical (unpaired) electrons. The topological polar surface area (TPSA) is 38.0 Å². The Kier molecular flexibility index (Phi) is 4.85. The number of dihydropyridines is 1. The summed E-state index contributed by atoms with van der Waals surface area (Å²) in [6, 6.07) is 19.0. The molecule has 0 amide bonds. The van der Waals surface area contributed by atoms with Crippen molar-refractivity contribution in [1.29, 1.82) is 0 Å². The lowest BCUT2D eigenvalue weighted by Crippen LogP contribution is -2.32. The van der Waals surface area contributed by atoms with Gasteiger partial charge in [0, 0.05) is 18.2 Å². The molecule has 0 spiro atoms. The predicted octanol–water partition coefficient (Wildman–Crippen LogP) is 4.39. The van der Waals surface area contributed by atoms with Gasteiger partial charge in [-0.15, -0.1) is 0 Å². The van der Waals surface area contributed by atoms with Gasteiger partial charge >= 0.3 is 0 Å². The van der Waals surface area contributed by atoms with Gasteiger partial charge in [-0.1, -0.05) is 79.2 Å². The van der Waals surface area contributed by atoms with Crippen molar-refractivity contribution in [3.63, 3.8) is 0 Å². The molecule has 0 saturated heterocycles. The van der Waals surface area contributed by atoms with E-state index in [1.807, 2.05) is 24.4 Å². The molecule has 0 aliphatic carbocycles. The Bertz CT molecular complexity index is 704. The molecule has 1 aliphatic heterocycles. The van der Waals surface area contributed by atoms with Crippen molar-refractivity contribution in [3.05, 3.63) is 84.1 Å². The maximum atomic E-state index is 6.42. The van der Waals surface area contributed by atoms with E-state index in [9.17, 15) is 0 Å². The van der Waals surface area contributed by atoms with Crippen LogP contribution < -0.4 is 11.1 Å². The van der Waals surface area contributed by atoms with Crippen molar-refractivity contribution in [2.75, 3.05) is 0 Å². The summed E-state index contributed by atoms with van der Waals surface area (Å²) in [6.07, 6.45) is 5.84. The minimum absolute atomic E-state index is 0.0644. The Morgan fingerprint density at radius 3 is 2.26 bits per heavy atom. The van der Waals surface area contributed by atoms with Crippen LogP contribution in [0.2, 0.25) is 0 Å². The maximum absolute atomic E-state index is 6.42. The third kappa shape index (κ3) is 3.66. The number of hydrogen-bond acceptors (Lipinski definition) is 2. The highest BCUT2D eigenvalue weighted by atomic mass is 35.5. The molecule has 1 aliphatic rings. The Morgan fingerprint density at radius 2 is 1.65 bits per heavy atom. The summed E-state index contributed by atoms with van der Waals surface area (Å²) in [5, 5.41) is 3.09. The van der Waals surface area contributed by atoms with Crippen LogP contribution in [-0.2, 0) is 0 Å². The van der Waals surface area contributed by atoms with Crippen molar-refractivity contribution in [3.8, 4) is 11.1 Å². The van der Waals surface area contributed by atoms with Gasteiger partial charge in [0.15, 0.2) is 0 Å². The van der Waals surface area contributed by atoms with Crippen LogP contribution in [0, 0.1) is 0 Å². The molecule has 0 saturated carbocycles. The molecule has 2 nitrogen and oxygen atoms in total. The van der Waals surface area contributed by atoms with Crippen LogP contribution in [0.4, 0.5) is 0 Å². The first-order chi connectivity index (χ1) is 11.1. The van der Waals surface area contributed by atoms with Crippen LogP contribution in [0.5, 0.6) is 0 Å². The van der Waals surface area contributed by atoms with Crippen LogP contribution in [0.25, 0.3) is 11.1 Å². The van der Waals surface area contributed by atoms with E-state index in [2.05, 4.69) is 60.8 Å². The van der Waals surface area contributed by atoms with Crippen LogP contribution >= 0.6 is 11.6 Å². The fourth-order valence-electron chi connectivity index (χ4n) is 2.79. The first kappa shape index (κ1) is 15.9. The molecule has 3 atom stereocenters. The van der Waals surface area contributed by atoms with Crippen molar-refractivity contribution in [1.82, 2.24) is 5.32 Å². The van der Waals surface area contributed by atoms with Gasteiger partial charge in [-0.3, -0.25) is 0 Å². The van der Waals surface area contributed by atoms with Crippen molar-refractivity contribution in [2.45, 2.75) is 24.4 Å². The van der Waals surface area contributed by atoms with Crippen LogP contribution in [0.1, 0.15) is 18.4 Å². The highest BCUT2D eigenvalue weighted by Gasteiger charge is 2.19. The van der Waals surface area contributed by atoms with E-state index in [0.29, 0.717) is 0 Å². The molecule has 2 aromatic rings. The number of rotatable bonds is 4. The van der Waals surface area contributed by atoms with E-state index < -0.39 is 0 Å². The smallest absolute Gasteiger partial charge is 0.120 e. The second-order valence-corrected chi connectivity index (χ2v) is 6.34. The molecule has 0 bridgehead atoms. The Labute approximate surface area is 142 Å². The number of alkyl halides is 1. The molecule has 2 aromatic carbocycles. The quantitative estimate of drug-likeness (QED) is 0.646. The van der Waals surface area contributed by atoms with Gasteiger partial charge in [-0.25, -0.2) is 0 Å². The van der Waals surface area contributed by atoms with E-state index in [0.717, 1.165) is 5.57 Å². The fourth-order valence-corrected chi connectivity index (χ4v) is 2.92. The van der Waals surface area contributed by atoms with Gasteiger partial charge in [-0.2, -0.15) is 0 Å². The highest BCUT2D eigenvalue weighted by molar-refractivity contribution is 6.21. The molecule has 3 heteroatoms. The van der Waals surface area contributed by atoms with Gasteiger partial charge in [0.25, 0.3) is 0 Å². The standard InChI is InChI=1S/C20H21ClN2/c1-14(20(22)18-11-12-19(21)23-13-18)15-7-9-17(10-8-15)16-5-3-2-4-6-16/h2-14,19-20,23H,22H2,1H3. The number of benzene rings is 2. The van der Waals surface area contributed by atoms with Crippen molar-refractivity contribution < 1.29 is 0 Å². The Balaban J connectivity index is 1.75. The van der Waals surface area contributed by atoms with E-state index in [-0.39, 0.29) is 17.5 Å². The molecule has 0 fully saturated rings. The fraction of sp³-hybridized carbons (Fsp3) is 0.200. The summed E-state index contributed by atoms with van der Waals surface area (Å²) in [4.78, 5) is 0. The molecule has 0 aromatic heterocycles. The zero-order chi connectivity index (χ0) is 16.2. The van der Waals surface area contributed by atoms with Gasteiger partial charge in [0.05, 0.1) is 0 Å². The van der Waals surface area contributed by atoms with Gasteiger partial charge < -0.3 is 11.1 Å². The summed E-state index contributed by atoms with van der Waals surface area (Å²) >= 11 is 5.98. The van der Waals surface area contributed by atoms with E-state index >= 15 is 0 Å². The average Bonchev–Trinajstić information content (AvgIpc) is 2.62. The highest BCUT2D eigenvalue weighted by Crippen LogP contribution is 2.27. The number of nitrogens with one attached hydrogen (secondary N) is 1. The maximum Gasteiger partial charge on any atom is 0.120 e. The molecule has 23 heavy (non-hydrogen) atoms. The average molecular weight is 325 g/mol. The summed E-state index contributed by atoms with van der Waals surface area (Å²) in [5.74, 6) is 0.226. The molecule has 118 valence electrons. The van der Waals surface area contributed by atoms with Gasteiger partial charge in [0.1, 0.15) is 5.50 Å². The first-order valence-electron chi connectivity index (χ1n) is 7.84. The van der Waals surface area contributed by atoms with E-state index in [1.165, 1.54) is 16.7 Å². The minimum atomic E-state index is -0.147. The number of hydrogen-bond donors (Lipinski definition) is 2. The largest absolute Gasteiger partial charge is 0.372 e. The van der Waals surface area contributed by atoms with Crippen LogP contribution in [0.3, 0.4) is 0 Å². The second kappa shape index (κ2) is 7.03. The summed E-state index contributed by atoms with van der Waals surface area (Å²) in [5.41, 5.74) is 11.0. The third-order valence-electron chi connectivity index (χ3n) is 4.33. The van der Waals surface area contributed by atoms with Crippen molar-refractivity contribution in [2.24, 2.45) is 5.73 Å². The monoisotopic (exact) mass is 324 g/mol. The zero-order valence-corrected chi connectivity index (χ0v) is 13.9. The zero-order valence-electron chi connectivity index (χ0n) is 13.1. The van der Waals surface area contributed by atoms with Gasteiger partial charge in [0.2, 0.25) is 0 Å². The predicted molar refractivity (Wildman–Crippen MR) is 98.3 cm³/mol. The molecular weight excluding hydrogens is 304 g/mol. The lowest BCUT2D eigenvalue weighted by atomic mass is 9.88. The SMILES string of the molecule is CC(c1ccc(-c2ccccc2)cc1)C(N)C1=CNC(Cl)C=C1. The Hall–Kier alpha value is -2.03. The minimum Gasteiger partial charge on any atom is -0.372 e. The number of nitrogens with two attached hydrogens (primary N) is 1. The van der Waals surface area contributed by atoms with E-state index in [1.54, 1.807) is 0 Å². The lowest BCUT2D eigenvalue weighted by Gasteiger charge is -2.24. The summed E-state index contributed by atoms with van der Waals surface area (Å²) in [6.45, 7) is 2.16. The summed E-state index contributed by atoms with van der Waals surface area (Å²) in [7, 11) is 0. The normalized spacial score (nSPS) is 19.6. The lowest BCUT2D eigenvalue weighted by molar-refractivity contribution is 0.636. The molecule has 3 rings (SSSR count). The van der Waals surface area contributed by atoms with Gasteiger partial charge in [-0.05, 0) is 28.3 Å². The molecular formula is C20H21ClN2. The Morgan fingerprint density at radius 1 is 1.00 bits per heavy atom. The van der Waals surface area contributed by atoms with E-state index in [4.69, 9.17) is 17.3 Å². The second-order valence-electron chi connectivity index (χ2n) is 5.87. The third-order valence-corrected chi connectivity index (χ3v) is 4.61.